The monoisotopic (exact) mass is 455 g/mol. The second kappa shape index (κ2) is 8.63. The van der Waals surface area contributed by atoms with E-state index in [4.69, 9.17) is 0 Å². The molecular formula is C22H24F3NO4S. The predicted octanol–water partition coefficient (Wildman–Crippen LogP) is 3.88. The van der Waals surface area contributed by atoms with Crippen molar-refractivity contribution in [3.63, 3.8) is 0 Å². The molecule has 0 bridgehead atoms. The molecule has 31 heavy (non-hydrogen) atoms. The van der Waals surface area contributed by atoms with E-state index in [1.165, 1.54) is 6.07 Å². The quantitative estimate of drug-likeness (QED) is 0.671. The van der Waals surface area contributed by atoms with Crippen molar-refractivity contribution in [2.75, 3.05) is 7.11 Å². The van der Waals surface area contributed by atoms with Gasteiger partial charge in [0.25, 0.3) is 0 Å². The van der Waals surface area contributed by atoms with E-state index in [1.54, 1.807) is 13.8 Å². The number of ether oxygens (including phenoxy) is 1. The van der Waals surface area contributed by atoms with Crippen LogP contribution in [0.3, 0.4) is 0 Å². The molecule has 5 nitrogen and oxygen atoms in total. The normalized spacial score (nSPS) is 16.4. The number of halogens is 3. The van der Waals surface area contributed by atoms with Gasteiger partial charge in [0, 0.05) is 6.04 Å². The van der Waals surface area contributed by atoms with Crippen molar-refractivity contribution in [1.82, 2.24) is 4.72 Å². The molecule has 9 heteroatoms. The Morgan fingerprint density at radius 1 is 1.10 bits per heavy atom. The Kier molecular flexibility index (Phi) is 6.48. The maximum Gasteiger partial charge on any atom is 0.416 e. The summed E-state index contributed by atoms with van der Waals surface area (Å²) in [6.45, 7) is 3.22. The van der Waals surface area contributed by atoms with Crippen molar-refractivity contribution >= 4 is 16.0 Å². The van der Waals surface area contributed by atoms with Crippen LogP contribution in [-0.4, -0.2) is 32.8 Å². The molecule has 0 heterocycles. The average Bonchev–Trinajstić information content (AvgIpc) is 3.07. The van der Waals surface area contributed by atoms with Crippen LogP contribution in [0.2, 0.25) is 0 Å². The van der Waals surface area contributed by atoms with E-state index in [9.17, 15) is 26.4 Å². The molecule has 0 saturated heterocycles. The molecule has 0 amide bonds. The highest BCUT2D eigenvalue weighted by molar-refractivity contribution is 7.90. The van der Waals surface area contributed by atoms with Gasteiger partial charge in [0.1, 0.15) is 0 Å². The molecule has 1 N–H and O–H groups in total. The van der Waals surface area contributed by atoms with E-state index in [1.807, 2.05) is 18.2 Å². The lowest BCUT2D eigenvalue weighted by Crippen LogP contribution is -2.39. The molecule has 3 rings (SSSR count). The van der Waals surface area contributed by atoms with Gasteiger partial charge < -0.3 is 4.74 Å². The first-order valence-electron chi connectivity index (χ1n) is 9.80. The largest absolute Gasteiger partial charge is 0.465 e. The number of hydrogen-bond donors (Lipinski definition) is 1. The number of benzene rings is 2. The van der Waals surface area contributed by atoms with Gasteiger partial charge >= 0.3 is 12.1 Å². The molecule has 0 radical (unpaired) electrons. The number of methoxy groups -OCH3 is 1. The van der Waals surface area contributed by atoms with Crippen molar-refractivity contribution in [3.05, 3.63) is 69.8 Å². The highest BCUT2D eigenvalue weighted by atomic mass is 32.2. The Morgan fingerprint density at radius 2 is 1.77 bits per heavy atom. The zero-order valence-electron chi connectivity index (χ0n) is 17.4. The van der Waals surface area contributed by atoms with Crippen LogP contribution in [-0.2, 0) is 40.2 Å². The molecule has 2 aromatic carbocycles. The zero-order valence-corrected chi connectivity index (χ0v) is 18.2. The van der Waals surface area contributed by atoms with Gasteiger partial charge in [0.05, 0.1) is 23.5 Å². The van der Waals surface area contributed by atoms with Crippen LogP contribution in [0.15, 0.2) is 36.4 Å². The second-order valence-electron chi connectivity index (χ2n) is 8.00. The number of carbonyl (C=O) groups excluding carboxylic acids is 1. The van der Waals surface area contributed by atoms with E-state index >= 15 is 0 Å². The standard InChI is InChI=1S/C22H24F3NO4S/c1-13(2)31(28,29)26-20-11-16-5-4-14(7-17(16)12-20)6-15-8-18(21(27)30-3)10-19(9-15)22(23,24)25/h4-5,7-10,13,20,26H,6,11-12H2,1-3H3/t20-/m0/s1. The topological polar surface area (TPSA) is 72.5 Å². The first-order chi connectivity index (χ1) is 14.4. The summed E-state index contributed by atoms with van der Waals surface area (Å²) in [6.07, 6.45) is -3.30. The Balaban J connectivity index is 1.83. The van der Waals surface area contributed by atoms with Crippen LogP contribution in [0, 0.1) is 0 Å². The summed E-state index contributed by atoms with van der Waals surface area (Å²) in [4.78, 5) is 11.8. The molecule has 168 valence electrons. The fraction of sp³-hybridized carbons (Fsp3) is 0.409. The van der Waals surface area contributed by atoms with E-state index in [0.29, 0.717) is 18.4 Å². The Bertz CT molecular complexity index is 1090. The molecule has 0 unspecified atom stereocenters. The third-order valence-corrected chi connectivity index (χ3v) is 7.21. The maximum absolute atomic E-state index is 13.3. The van der Waals surface area contributed by atoms with Gasteiger partial charge in [-0.1, -0.05) is 18.2 Å². The minimum Gasteiger partial charge on any atom is -0.465 e. The Hall–Kier alpha value is -2.39. The molecule has 0 aliphatic heterocycles. The van der Waals surface area contributed by atoms with Gasteiger partial charge in [-0.05, 0) is 73.6 Å². The molecule has 0 aromatic heterocycles. The number of sulfonamides is 1. The zero-order chi connectivity index (χ0) is 23.0. The third kappa shape index (κ3) is 5.46. The fourth-order valence-electron chi connectivity index (χ4n) is 3.66. The molecular weight excluding hydrogens is 431 g/mol. The summed E-state index contributed by atoms with van der Waals surface area (Å²) in [5.41, 5.74) is 2.03. The lowest BCUT2D eigenvalue weighted by molar-refractivity contribution is -0.137. The molecule has 1 atom stereocenters. The number of alkyl halides is 3. The van der Waals surface area contributed by atoms with Crippen molar-refractivity contribution in [2.45, 2.75) is 50.6 Å². The van der Waals surface area contributed by atoms with Crippen molar-refractivity contribution < 1.29 is 31.1 Å². The Morgan fingerprint density at radius 3 is 2.39 bits per heavy atom. The fourth-order valence-corrected chi connectivity index (χ4v) is 4.57. The summed E-state index contributed by atoms with van der Waals surface area (Å²) < 4.78 is 71.3. The summed E-state index contributed by atoms with van der Waals surface area (Å²) >= 11 is 0. The minimum absolute atomic E-state index is 0.156. The SMILES string of the molecule is COC(=O)c1cc(Cc2ccc3c(c2)C[C@@H](NS(=O)(=O)C(C)C)C3)cc(C(F)(F)F)c1. The first kappa shape index (κ1) is 23.3. The van der Waals surface area contributed by atoms with Crippen LogP contribution < -0.4 is 4.72 Å². The highest BCUT2D eigenvalue weighted by Crippen LogP contribution is 2.32. The van der Waals surface area contributed by atoms with Crippen LogP contribution in [0.4, 0.5) is 13.2 Å². The first-order valence-corrected chi connectivity index (χ1v) is 11.3. The predicted molar refractivity (Wildman–Crippen MR) is 110 cm³/mol. The van der Waals surface area contributed by atoms with Gasteiger partial charge in [0.15, 0.2) is 0 Å². The highest BCUT2D eigenvalue weighted by Gasteiger charge is 2.32. The summed E-state index contributed by atoms with van der Waals surface area (Å²) in [6, 6.07) is 8.55. The molecule has 1 aliphatic rings. The van der Waals surface area contributed by atoms with Crippen molar-refractivity contribution in [1.29, 1.82) is 0 Å². The van der Waals surface area contributed by atoms with Gasteiger partial charge in [-0.2, -0.15) is 13.2 Å². The molecule has 0 spiro atoms. The van der Waals surface area contributed by atoms with E-state index in [0.717, 1.165) is 35.9 Å². The third-order valence-electron chi connectivity index (χ3n) is 5.30. The van der Waals surface area contributed by atoms with Gasteiger partial charge in [-0.15, -0.1) is 0 Å². The molecule has 2 aromatic rings. The summed E-state index contributed by atoms with van der Waals surface area (Å²) in [5, 5.41) is -0.531. The van der Waals surface area contributed by atoms with Crippen LogP contribution in [0.25, 0.3) is 0 Å². The molecule has 0 saturated carbocycles. The van der Waals surface area contributed by atoms with Crippen LogP contribution in [0.1, 0.15) is 52.0 Å². The van der Waals surface area contributed by atoms with E-state index in [2.05, 4.69) is 9.46 Å². The average molecular weight is 455 g/mol. The molecule has 0 fully saturated rings. The lowest BCUT2D eigenvalue weighted by Gasteiger charge is -2.14. The van der Waals surface area contributed by atoms with Gasteiger partial charge in [-0.3, -0.25) is 0 Å². The summed E-state index contributed by atoms with van der Waals surface area (Å²) in [5.74, 6) is -0.832. The summed E-state index contributed by atoms with van der Waals surface area (Å²) in [7, 11) is -2.27. The number of fused-ring (bicyclic) bond motifs is 1. The second-order valence-corrected chi connectivity index (χ2v) is 10.3. The maximum atomic E-state index is 13.3. The number of carbonyl (C=O) groups is 1. The van der Waals surface area contributed by atoms with E-state index in [-0.39, 0.29) is 18.0 Å². The Labute approximate surface area is 179 Å². The smallest absolute Gasteiger partial charge is 0.416 e. The number of nitrogens with one attached hydrogen (secondary N) is 1. The van der Waals surface area contributed by atoms with E-state index < -0.39 is 33.0 Å². The number of esters is 1. The van der Waals surface area contributed by atoms with Gasteiger partial charge in [0.2, 0.25) is 10.0 Å². The number of hydrogen-bond acceptors (Lipinski definition) is 4. The minimum atomic E-state index is -4.59. The number of rotatable bonds is 6. The van der Waals surface area contributed by atoms with Crippen molar-refractivity contribution in [2.24, 2.45) is 0 Å². The molecule has 1 aliphatic carbocycles. The van der Waals surface area contributed by atoms with Crippen molar-refractivity contribution in [3.8, 4) is 0 Å². The van der Waals surface area contributed by atoms with Crippen LogP contribution in [0.5, 0.6) is 0 Å². The van der Waals surface area contributed by atoms with Crippen LogP contribution >= 0.6 is 0 Å². The lowest BCUT2D eigenvalue weighted by atomic mass is 9.97. The van der Waals surface area contributed by atoms with Gasteiger partial charge in [-0.25, -0.2) is 17.9 Å².